The van der Waals surface area contributed by atoms with Crippen LogP contribution < -0.4 is 16.0 Å². The van der Waals surface area contributed by atoms with Gasteiger partial charge in [-0.3, -0.25) is 9.89 Å². The largest absolute Gasteiger partial charge is 0.444 e. The predicted molar refractivity (Wildman–Crippen MR) is 98.5 cm³/mol. The van der Waals surface area contributed by atoms with E-state index in [9.17, 15) is 4.79 Å². The van der Waals surface area contributed by atoms with Gasteiger partial charge >= 0.3 is 6.09 Å². The normalized spacial score (nSPS) is 19.2. The summed E-state index contributed by atoms with van der Waals surface area (Å²) in [7, 11) is 0. The summed E-state index contributed by atoms with van der Waals surface area (Å²) in [5.41, 5.74) is -0.472. The number of carbonyl (C=O) groups excluding carboxylic acids is 1. The summed E-state index contributed by atoms with van der Waals surface area (Å²) < 4.78 is 5.20. The molecule has 7 nitrogen and oxygen atoms in total. The molecule has 0 radical (unpaired) electrons. The summed E-state index contributed by atoms with van der Waals surface area (Å²) in [4.78, 5) is 18.7. The zero-order chi connectivity index (χ0) is 18.0. The van der Waals surface area contributed by atoms with Crippen molar-refractivity contribution < 1.29 is 9.53 Å². The van der Waals surface area contributed by atoms with Gasteiger partial charge in [-0.2, -0.15) is 0 Å². The molecule has 0 aliphatic carbocycles. The highest BCUT2D eigenvalue weighted by atomic mass is 16.6. The van der Waals surface area contributed by atoms with Crippen LogP contribution in [0.4, 0.5) is 4.79 Å². The fourth-order valence-corrected chi connectivity index (χ4v) is 2.72. The molecule has 3 N–H and O–H groups in total. The van der Waals surface area contributed by atoms with Crippen molar-refractivity contribution in [3.8, 4) is 0 Å². The Hall–Kier alpha value is -1.50. The number of hydrogen-bond donors (Lipinski definition) is 3. The van der Waals surface area contributed by atoms with Crippen molar-refractivity contribution in [1.82, 2.24) is 20.9 Å². The van der Waals surface area contributed by atoms with E-state index in [1.54, 1.807) is 0 Å². The molecule has 1 aliphatic heterocycles. The van der Waals surface area contributed by atoms with E-state index in [1.807, 2.05) is 27.7 Å². The lowest BCUT2D eigenvalue weighted by molar-refractivity contribution is 0.0529. The lowest BCUT2D eigenvalue weighted by atomic mass is 10.2. The number of alkyl carbamates (subject to hydrolysis) is 1. The number of nitrogens with zero attached hydrogens (tertiary/aromatic N) is 2. The highest BCUT2D eigenvalue weighted by Crippen LogP contribution is 2.16. The molecule has 1 rings (SSSR count). The quantitative estimate of drug-likeness (QED) is 0.372. The maximum atomic E-state index is 11.6. The topological polar surface area (TPSA) is 78.0 Å². The molecule has 0 saturated carbocycles. The number of likely N-dealkylation sites (N-methyl/N-ethyl adjacent to an activating group) is 1. The Bertz CT molecular complexity index is 406. The van der Waals surface area contributed by atoms with Crippen LogP contribution >= 0.6 is 0 Å². The van der Waals surface area contributed by atoms with Gasteiger partial charge in [0.05, 0.1) is 6.54 Å². The molecule has 1 amide bonds. The van der Waals surface area contributed by atoms with Crippen LogP contribution in [-0.4, -0.2) is 67.9 Å². The minimum Gasteiger partial charge on any atom is -0.444 e. The Balaban J connectivity index is 2.32. The summed E-state index contributed by atoms with van der Waals surface area (Å²) >= 11 is 0. The number of amides is 1. The highest BCUT2D eigenvalue weighted by Gasteiger charge is 2.22. The van der Waals surface area contributed by atoms with Crippen molar-refractivity contribution in [2.45, 2.75) is 59.1 Å². The molecule has 0 bridgehead atoms. The monoisotopic (exact) mass is 341 g/mol. The second kappa shape index (κ2) is 10.4. The predicted octanol–water partition coefficient (Wildman–Crippen LogP) is 1.55. The number of rotatable bonds is 7. The van der Waals surface area contributed by atoms with E-state index in [-0.39, 0.29) is 0 Å². The number of nitrogens with one attached hydrogen (secondary N) is 3. The maximum absolute atomic E-state index is 11.6. The standard InChI is InChI=1S/C17H35N5O2/c1-6-18-15(21-13-14-9-8-12-22(14)7-2)19-10-11-20-16(23)24-17(3,4)5/h14H,6-13H2,1-5H3,(H,20,23)(H2,18,19,21). The van der Waals surface area contributed by atoms with Crippen LogP contribution in [0.25, 0.3) is 0 Å². The maximum Gasteiger partial charge on any atom is 0.407 e. The third-order valence-electron chi connectivity index (χ3n) is 3.80. The molecular weight excluding hydrogens is 306 g/mol. The van der Waals surface area contributed by atoms with Gasteiger partial charge in [-0.05, 0) is 53.6 Å². The number of aliphatic imine (C=N–C) groups is 1. The van der Waals surface area contributed by atoms with Crippen LogP contribution in [0.5, 0.6) is 0 Å². The van der Waals surface area contributed by atoms with Crippen LogP contribution in [0.1, 0.15) is 47.5 Å². The van der Waals surface area contributed by atoms with Crippen LogP contribution in [-0.2, 0) is 4.74 Å². The minimum absolute atomic E-state index is 0.393. The van der Waals surface area contributed by atoms with Gasteiger partial charge < -0.3 is 20.7 Å². The van der Waals surface area contributed by atoms with Gasteiger partial charge in [0.15, 0.2) is 5.96 Å². The van der Waals surface area contributed by atoms with E-state index in [0.717, 1.165) is 25.6 Å². The smallest absolute Gasteiger partial charge is 0.407 e. The molecular formula is C17H35N5O2. The number of guanidine groups is 1. The lowest BCUT2D eigenvalue weighted by Gasteiger charge is -2.21. The van der Waals surface area contributed by atoms with E-state index in [0.29, 0.717) is 19.1 Å². The Labute approximate surface area is 146 Å². The Morgan fingerprint density at radius 3 is 2.54 bits per heavy atom. The number of ether oxygens (including phenoxy) is 1. The zero-order valence-corrected chi connectivity index (χ0v) is 15.9. The van der Waals surface area contributed by atoms with Crippen molar-refractivity contribution in [1.29, 1.82) is 0 Å². The van der Waals surface area contributed by atoms with Gasteiger partial charge in [-0.25, -0.2) is 4.79 Å². The van der Waals surface area contributed by atoms with Gasteiger partial charge in [0.2, 0.25) is 0 Å². The minimum atomic E-state index is -0.472. The molecule has 0 aromatic carbocycles. The Kier molecular flexibility index (Phi) is 8.89. The molecule has 7 heteroatoms. The molecule has 1 heterocycles. The Morgan fingerprint density at radius 1 is 1.21 bits per heavy atom. The molecule has 1 saturated heterocycles. The van der Waals surface area contributed by atoms with Crippen LogP contribution in [0.15, 0.2) is 4.99 Å². The van der Waals surface area contributed by atoms with Gasteiger partial charge in [0, 0.05) is 25.7 Å². The van der Waals surface area contributed by atoms with E-state index in [1.165, 1.54) is 19.4 Å². The molecule has 0 aromatic rings. The molecule has 1 unspecified atom stereocenters. The van der Waals surface area contributed by atoms with Crippen molar-refractivity contribution in [3.05, 3.63) is 0 Å². The summed E-state index contributed by atoms with van der Waals surface area (Å²) in [6.45, 7) is 14.8. The van der Waals surface area contributed by atoms with Crippen molar-refractivity contribution in [2.75, 3.05) is 39.3 Å². The first-order valence-corrected chi connectivity index (χ1v) is 9.08. The molecule has 1 aliphatic rings. The summed E-state index contributed by atoms with van der Waals surface area (Å²) in [5, 5.41) is 9.22. The van der Waals surface area contributed by atoms with Crippen LogP contribution in [0, 0.1) is 0 Å². The second-order valence-electron chi connectivity index (χ2n) is 7.00. The number of likely N-dealkylation sites (tertiary alicyclic amines) is 1. The van der Waals surface area contributed by atoms with E-state index in [2.05, 4.69) is 32.8 Å². The molecule has 1 atom stereocenters. The third kappa shape index (κ3) is 8.38. The second-order valence-corrected chi connectivity index (χ2v) is 7.00. The first kappa shape index (κ1) is 20.5. The highest BCUT2D eigenvalue weighted by molar-refractivity contribution is 5.79. The third-order valence-corrected chi connectivity index (χ3v) is 3.80. The molecule has 0 spiro atoms. The first-order valence-electron chi connectivity index (χ1n) is 9.08. The Morgan fingerprint density at radius 2 is 1.92 bits per heavy atom. The molecule has 24 heavy (non-hydrogen) atoms. The van der Waals surface area contributed by atoms with E-state index >= 15 is 0 Å². The van der Waals surface area contributed by atoms with Crippen molar-refractivity contribution in [2.24, 2.45) is 4.99 Å². The first-order chi connectivity index (χ1) is 11.4. The molecule has 140 valence electrons. The summed E-state index contributed by atoms with van der Waals surface area (Å²) in [5.74, 6) is 0.798. The van der Waals surface area contributed by atoms with Gasteiger partial charge in [0.1, 0.15) is 5.60 Å². The van der Waals surface area contributed by atoms with Gasteiger partial charge in [-0.1, -0.05) is 6.92 Å². The van der Waals surface area contributed by atoms with Crippen LogP contribution in [0.2, 0.25) is 0 Å². The summed E-state index contributed by atoms with van der Waals surface area (Å²) in [6, 6.07) is 0.547. The average Bonchev–Trinajstić information content (AvgIpc) is 2.94. The van der Waals surface area contributed by atoms with Crippen molar-refractivity contribution in [3.63, 3.8) is 0 Å². The fourth-order valence-electron chi connectivity index (χ4n) is 2.72. The molecule has 0 aromatic heterocycles. The fraction of sp³-hybridized carbons (Fsp3) is 0.882. The van der Waals surface area contributed by atoms with Crippen molar-refractivity contribution >= 4 is 12.1 Å². The lowest BCUT2D eigenvalue weighted by Crippen LogP contribution is -2.43. The summed E-state index contributed by atoms with van der Waals surface area (Å²) in [6.07, 6.45) is 2.09. The SMILES string of the molecule is CCNC(=NCC1CCCN1CC)NCCNC(=O)OC(C)(C)C. The average molecular weight is 342 g/mol. The van der Waals surface area contributed by atoms with E-state index in [4.69, 9.17) is 4.74 Å². The molecule has 1 fully saturated rings. The van der Waals surface area contributed by atoms with E-state index < -0.39 is 11.7 Å². The zero-order valence-electron chi connectivity index (χ0n) is 15.9. The van der Waals surface area contributed by atoms with Gasteiger partial charge in [0.25, 0.3) is 0 Å². The van der Waals surface area contributed by atoms with Crippen LogP contribution in [0.3, 0.4) is 0 Å². The number of hydrogen-bond acceptors (Lipinski definition) is 4. The number of carbonyl (C=O) groups is 1. The van der Waals surface area contributed by atoms with Gasteiger partial charge in [-0.15, -0.1) is 0 Å².